The second-order valence-corrected chi connectivity index (χ2v) is 7.10. The van der Waals surface area contributed by atoms with Crippen molar-refractivity contribution in [1.82, 2.24) is 0 Å². The molecule has 1 aliphatic carbocycles. The van der Waals surface area contributed by atoms with Gasteiger partial charge in [-0.3, -0.25) is 9.52 Å². The summed E-state index contributed by atoms with van der Waals surface area (Å²) in [5, 5.41) is 2.84. The zero-order valence-electron chi connectivity index (χ0n) is 11.6. The van der Waals surface area contributed by atoms with Crippen LogP contribution in [0.3, 0.4) is 0 Å². The van der Waals surface area contributed by atoms with Gasteiger partial charge in [0.25, 0.3) is 0 Å². The van der Waals surface area contributed by atoms with Crippen LogP contribution in [0.2, 0.25) is 0 Å². The largest absolute Gasteiger partial charge is 0.326 e. The summed E-state index contributed by atoms with van der Waals surface area (Å²) in [6.07, 6.45) is 6.41. The van der Waals surface area contributed by atoms with Gasteiger partial charge in [-0.15, -0.1) is 0 Å². The predicted molar refractivity (Wildman–Crippen MR) is 80.1 cm³/mol. The molecule has 0 heterocycles. The number of hydrogen-bond donors (Lipinski definition) is 2. The molecular weight excluding hydrogens is 276 g/mol. The van der Waals surface area contributed by atoms with Gasteiger partial charge in [0.05, 0.1) is 6.26 Å². The van der Waals surface area contributed by atoms with Crippen molar-refractivity contribution < 1.29 is 13.2 Å². The van der Waals surface area contributed by atoms with E-state index in [1.54, 1.807) is 24.3 Å². The van der Waals surface area contributed by atoms with Crippen LogP contribution in [-0.4, -0.2) is 20.6 Å². The second-order valence-electron chi connectivity index (χ2n) is 5.35. The maximum atomic E-state index is 11.9. The molecule has 110 valence electrons. The number of anilines is 2. The molecule has 5 nitrogen and oxygen atoms in total. The van der Waals surface area contributed by atoms with Crippen LogP contribution in [0, 0.1) is 5.92 Å². The van der Waals surface area contributed by atoms with Crippen LogP contribution in [0.25, 0.3) is 0 Å². The molecule has 6 heteroatoms. The lowest BCUT2D eigenvalue weighted by atomic mass is 10.0. The maximum Gasteiger partial charge on any atom is 0.229 e. The molecule has 0 radical (unpaired) electrons. The zero-order chi connectivity index (χ0) is 14.6. The van der Waals surface area contributed by atoms with E-state index in [0.29, 0.717) is 23.7 Å². The minimum atomic E-state index is -3.27. The topological polar surface area (TPSA) is 75.3 Å². The highest BCUT2D eigenvalue weighted by molar-refractivity contribution is 7.92. The Balaban J connectivity index is 1.88. The summed E-state index contributed by atoms with van der Waals surface area (Å²) in [6.45, 7) is 0. The van der Waals surface area contributed by atoms with Crippen molar-refractivity contribution in [3.63, 3.8) is 0 Å². The normalized spacial score (nSPS) is 16.1. The van der Waals surface area contributed by atoms with Crippen LogP contribution in [-0.2, 0) is 14.8 Å². The Morgan fingerprint density at radius 1 is 1.15 bits per heavy atom. The molecule has 0 bridgehead atoms. The third kappa shape index (κ3) is 4.85. The fraction of sp³-hybridized carbons (Fsp3) is 0.500. The van der Waals surface area contributed by atoms with E-state index in [2.05, 4.69) is 10.0 Å². The number of amides is 1. The molecule has 0 unspecified atom stereocenters. The van der Waals surface area contributed by atoms with E-state index in [4.69, 9.17) is 0 Å². The molecule has 2 rings (SSSR count). The fourth-order valence-electron chi connectivity index (χ4n) is 2.52. The number of hydrogen-bond acceptors (Lipinski definition) is 3. The van der Waals surface area contributed by atoms with E-state index in [0.717, 1.165) is 19.1 Å². The smallest absolute Gasteiger partial charge is 0.229 e. The first kappa shape index (κ1) is 14.8. The summed E-state index contributed by atoms with van der Waals surface area (Å²) < 4.78 is 24.5. The van der Waals surface area contributed by atoms with Crippen LogP contribution in [0.4, 0.5) is 11.4 Å². The lowest BCUT2D eigenvalue weighted by molar-refractivity contribution is -0.117. The molecule has 1 aliphatic rings. The van der Waals surface area contributed by atoms with Crippen LogP contribution in [0.1, 0.15) is 32.1 Å². The number of benzene rings is 1. The molecule has 1 saturated carbocycles. The Morgan fingerprint density at radius 3 is 2.25 bits per heavy atom. The van der Waals surface area contributed by atoms with Crippen molar-refractivity contribution in [2.75, 3.05) is 16.3 Å². The van der Waals surface area contributed by atoms with Crippen LogP contribution in [0.15, 0.2) is 24.3 Å². The van der Waals surface area contributed by atoms with Crippen molar-refractivity contribution >= 4 is 27.3 Å². The third-order valence-electron chi connectivity index (χ3n) is 3.42. The summed E-state index contributed by atoms with van der Waals surface area (Å²) in [5.41, 5.74) is 1.17. The number of carbonyl (C=O) groups excluding carboxylic acids is 1. The molecule has 0 atom stereocenters. The minimum Gasteiger partial charge on any atom is -0.326 e. The predicted octanol–water partition coefficient (Wildman–Crippen LogP) is 2.58. The van der Waals surface area contributed by atoms with Gasteiger partial charge < -0.3 is 5.32 Å². The van der Waals surface area contributed by atoms with E-state index in [1.165, 1.54) is 12.8 Å². The Labute approximate surface area is 119 Å². The molecule has 1 aromatic carbocycles. The van der Waals surface area contributed by atoms with Crippen molar-refractivity contribution in [3.05, 3.63) is 24.3 Å². The Bertz CT molecular complexity index is 561. The fourth-order valence-corrected chi connectivity index (χ4v) is 3.09. The standard InChI is InChI=1S/C14H20N2O3S/c1-20(18,19)16-13-8-6-12(7-9-13)15-14(17)10-11-4-2-3-5-11/h6-9,11,16H,2-5,10H2,1H3,(H,15,17). The summed E-state index contributed by atoms with van der Waals surface area (Å²) in [5.74, 6) is 0.543. The van der Waals surface area contributed by atoms with E-state index in [-0.39, 0.29) is 5.91 Å². The maximum absolute atomic E-state index is 11.9. The number of nitrogens with one attached hydrogen (secondary N) is 2. The SMILES string of the molecule is CS(=O)(=O)Nc1ccc(NC(=O)CC2CCCC2)cc1. The van der Waals surface area contributed by atoms with E-state index >= 15 is 0 Å². The average molecular weight is 296 g/mol. The lowest BCUT2D eigenvalue weighted by Gasteiger charge is -2.10. The molecule has 2 N–H and O–H groups in total. The number of rotatable bonds is 5. The summed E-state index contributed by atoms with van der Waals surface area (Å²) in [4.78, 5) is 11.9. The molecule has 20 heavy (non-hydrogen) atoms. The highest BCUT2D eigenvalue weighted by atomic mass is 32.2. The number of carbonyl (C=O) groups is 1. The zero-order valence-corrected chi connectivity index (χ0v) is 12.4. The molecule has 0 aliphatic heterocycles. The van der Waals surface area contributed by atoms with Gasteiger partial charge in [0.2, 0.25) is 15.9 Å². The van der Waals surface area contributed by atoms with Crippen LogP contribution >= 0.6 is 0 Å². The van der Waals surface area contributed by atoms with Gasteiger partial charge >= 0.3 is 0 Å². The average Bonchev–Trinajstić information content (AvgIpc) is 2.82. The first-order valence-electron chi connectivity index (χ1n) is 6.80. The quantitative estimate of drug-likeness (QED) is 0.877. The van der Waals surface area contributed by atoms with Gasteiger partial charge in [-0.05, 0) is 43.0 Å². The van der Waals surface area contributed by atoms with Gasteiger partial charge in [-0.1, -0.05) is 12.8 Å². The van der Waals surface area contributed by atoms with Gasteiger partial charge in [-0.25, -0.2) is 8.42 Å². The molecule has 0 aromatic heterocycles. The van der Waals surface area contributed by atoms with Crippen molar-refractivity contribution in [2.24, 2.45) is 5.92 Å². The van der Waals surface area contributed by atoms with E-state index < -0.39 is 10.0 Å². The van der Waals surface area contributed by atoms with Crippen molar-refractivity contribution in [1.29, 1.82) is 0 Å². The first-order chi connectivity index (χ1) is 9.42. The van der Waals surface area contributed by atoms with Crippen molar-refractivity contribution in [2.45, 2.75) is 32.1 Å². The van der Waals surface area contributed by atoms with Crippen molar-refractivity contribution in [3.8, 4) is 0 Å². The van der Waals surface area contributed by atoms with Gasteiger partial charge in [0, 0.05) is 17.8 Å². The Hall–Kier alpha value is -1.56. The van der Waals surface area contributed by atoms with Gasteiger partial charge in [0.1, 0.15) is 0 Å². The lowest BCUT2D eigenvalue weighted by Crippen LogP contribution is -2.15. The molecule has 1 fully saturated rings. The molecule has 0 spiro atoms. The monoisotopic (exact) mass is 296 g/mol. The van der Waals surface area contributed by atoms with Gasteiger partial charge in [-0.2, -0.15) is 0 Å². The number of sulfonamides is 1. The molecule has 1 aromatic rings. The highest BCUT2D eigenvalue weighted by Gasteiger charge is 2.18. The Morgan fingerprint density at radius 2 is 1.70 bits per heavy atom. The van der Waals surface area contributed by atoms with Crippen LogP contribution in [0.5, 0.6) is 0 Å². The van der Waals surface area contributed by atoms with E-state index in [1.807, 2.05) is 0 Å². The third-order valence-corrected chi connectivity index (χ3v) is 4.03. The molecule has 0 saturated heterocycles. The summed E-state index contributed by atoms with van der Waals surface area (Å²) >= 11 is 0. The highest BCUT2D eigenvalue weighted by Crippen LogP contribution is 2.27. The first-order valence-corrected chi connectivity index (χ1v) is 8.69. The Kier molecular flexibility index (Phi) is 4.65. The van der Waals surface area contributed by atoms with Gasteiger partial charge in [0.15, 0.2) is 0 Å². The molecule has 1 amide bonds. The van der Waals surface area contributed by atoms with E-state index in [9.17, 15) is 13.2 Å². The summed E-state index contributed by atoms with van der Waals surface area (Å²) in [6, 6.07) is 6.65. The van der Waals surface area contributed by atoms with Crippen LogP contribution < -0.4 is 10.0 Å². The minimum absolute atomic E-state index is 0.0284. The second kappa shape index (κ2) is 6.26. The summed E-state index contributed by atoms with van der Waals surface area (Å²) in [7, 11) is -3.27. The molecular formula is C14H20N2O3S.